The fraction of sp³-hybridized carbons (Fsp3) is 0.185. The third-order valence-corrected chi connectivity index (χ3v) is 7.58. The fourth-order valence-corrected chi connectivity index (χ4v) is 5.84. The van der Waals surface area contributed by atoms with Gasteiger partial charge in [0.15, 0.2) is 0 Å². The van der Waals surface area contributed by atoms with Crippen LogP contribution in [0.2, 0.25) is 5.02 Å². The number of hydrogen-bond acceptors (Lipinski definition) is 5. The SMILES string of the molecule is COc1ccc2c(c1)CC[C@H]1C2=NN(c2nc(-c3ccccc3)cs2)[C@@H]1c1ccc(Cl)cc1. The number of hydrazone groups is 1. The van der Waals surface area contributed by atoms with Gasteiger partial charge in [0.1, 0.15) is 5.75 Å². The van der Waals surface area contributed by atoms with E-state index in [1.54, 1.807) is 18.4 Å². The number of hydrogen-bond donors (Lipinski definition) is 0. The quantitative estimate of drug-likeness (QED) is 0.321. The lowest BCUT2D eigenvalue weighted by Crippen LogP contribution is -2.28. The van der Waals surface area contributed by atoms with Crippen LogP contribution < -0.4 is 9.75 Å². The maximum absolute atomic E-state index is 6.21. The van der Waals surface area contributed by atoms with Crippen molar-refractivity contribution in [2.24, 2.45) is 11.0 Å². The molecule has 2 atom stereocenters. The summed E-state index contributed by atoms with van der Waals surface area (Å²) in [4.78, 5) is 4.99. The molecule has 0 amide bonds. The summed E-state index contributed by atoms with van der Waals surface area (Å²) in [5, 5.41) is 11.1. The number of halogens is 1. The van der Waals surface area contributed by atoms with Gasteiger partial charge in [-0.1, -0.05) is 54.1 Å². The minimum absolute atomic E-state index is 0.0855. The Kier molecular flexibility index (Phi) is 5.16. The van der Waals surface area contributed by atoms with Crippen LogP contribution in [0.15, 0.2) is 83.3 Å². The van der Waals surface area contributed by atoms with Crippen molar-refractivity contribution in [3.05, 3.63) is 99.9 Å². The maximum atomic E-state index is 6.21. The minimum atomic E-state index is 0.0855. The molecule has 0 N–H and O–H groups in total. The van der Waals surface area contributed by atoms with Crippen LogP contribution in [0.3, 0.4) is 0 Å². The van der Waals surface area contributed by atoms with Crippen molar-refractivity contribution in [2.45, 2.75) is 18.9 Å². The summed E-state index contributed by atoms with van der Waals surface area (Å²) >= 11 is 7.85. The van der Waals surface area contributed by atoms with Gasteiger partial charge in [0, 0.05) is 27.4 Å². The van der Waals surface area contributed by atoms with Gasteiger partial charge in [0.2, 0.25) is 5.13 Å². The number of fused-ring (bicyclic) bond motifs is 3. The Morgan fingerprint density at radius 2 is 1.85 bits per heavy atom. The summed E-state index contributed by atoms with van der Waals surface area (Å²) in [6, 6.07) is 24.9. The highest BCUT2D eigenvalue weighted by Crippen LogP contribution is 2.47. The number of nitrogens with zero attached hydrogens (tertiary/aromatic N) is 3. The van der Waals surface area contributed by atoms with Crippen LogP contribution >= 0.6 is 22.9 Å². The van der Waals surface area contributed by atoms with Gasteiger partial charge < -0.3 is 4.74 Å². The Morgan fingerprint density at radius 1 is 1.03 bits per heavy atom. The second kappa shape index (κ2) is 8.32. The van der Waals surface area contributed by atoms with Gasteiger partial charge in [0.05, 0.1) is 24.6 Å². The molecule has 0 unspecified atom stereocenters. The highest BCUT2D eigenvalue weighted by Gasteiger charge is 2.43. The molecule has 0 radical (unpaired) electrons. The predicted molar refractivity (Wildman–Crippen MR) is 136 cm³/mol. The van der Waals surface area contributed by atoms with Crippen LogP contribution in [0.25, 0.3) is 11.3 Å². The summed E-state index contributed by atoms with van der Waals surface area (Å²) < 4.78 is 5.46. The van der Waals surface area contributed by atoms with E-state index in [1.807, 2.05) is 36.4 Å². The number of aromatic nitrogens is 1. The van der Waals surface area contributed by atoms with Gasteiger partial charge in [0.25, 0.3) is 0 Å². The summed E-state index contributed by atoms with van der Waals surface area (Å²) in [6.45, 7) is 0. The lowest BCUT2D eigenvalue weighted by atomic mass is 9.77. The van der Waals surface area contributed by atoms with E-state index in [0.29, 0.717) is 0 Å². The molecule has 4 nitrogen and oxygen atoms in total. The summed E-state index contributed by atoms with van der Waals surface area (Å²) in [5.41, 5.74) is 6.95. The van der Waals surface area contributed by atoms with Gasteiger partial charge >= 0.3 is 0 Å². The molecule has 1 aliphatic carbocycles. The van der Waals surface area contributed by atoms with Crippen LogP contribution in [0, 0.1) is 5.92 Å². The number of rotatable bonds is 4. The minimum Gasteiger partial charge on any atom is -0.497 e. The van der Waals surface area contributed by atoms with Crippen molar-refractivity contribution in [2.75, 3.05) is 12.1 Å². The number of ether oxygens (including phenoxy) is 1. The van der Waals surface area contributed by atoms with E-state index in [1.165, 1.54) is 16.7 Å². The average molecular weight is 472 g/mol. The van der Waals surface area contributed by atoms with Gasteiger partial charge in [-0.25, -0.2) is 9.99 Å². The molecule has 4 aromatic rings. The van der Waals surface area contributed by atoms with Crippen molar-refractivity contribution in [3.63, 3.8) is 0 Å². The number of benzene rings is 3. The summed E-state index contributed by atoms with van der Waals surface area (Å²) in [7, 11) is 1.71. The molecule has 2 heterocycles. The third-order valence-electron chi connectivity index (χ3n) is 6.49. The van der Waals surface area contributed by atoms with Crippen molar-refractivity contribution in [1.82, 2.24) is 4.98 Å². The highest BCUT2D eigenvalue weighted by molar-refractivity contribution is 7.14. The van der Waals surface area contributed by atoms with Gasteiger partial charge in [-0.05, 0) is 54.3 Å². The number of anilines is 1. The van der Waals surface area contributed by atoms with Crippen molar-refractivity contribution >= 4 is 33.8 Å². The second-order valence-electron chi connectivity index (χ2n) is 8.38. The molecule has 1 aromatic heterocycles. The largest absolute Gasteiger partial charge is 0.497 e. The molecule has 0 bridgehead atoms. The standard InChI is InChI=1S/C27H22ClN3OS/c1-32-21-12-14-22-19(15-21)9-13-23-25(22)30-31(26(23)18-7-10-20(28)11-8-18)27-29-24(16-33-27)17-5-3-2-4-6-17/h2-8,10-12,14-16,23,26H,9,13H2,1H3/t23-,26+/m0/s1. The molecule has 3 aromatic carbocycles. The summed E-state index contributed by atoms with van der Waals surface area (Å²) in [5.74, 6) is 1.18. The molecule has 33 heavy (non-hydrogen) atoms. The van der Waals surface area contributed by atoms with Crippen LogP contribution in [0.4, 0.5) is 5.13 Å². The van der Waals surface area contributed by atoms with E-state index in [-0.39, 0.29) is 12.0 Å². The molecular formula is C27H22ClN3OS. The molecule has 6 rings (SSSR count). The van der Waals surface area contributed by atoms with Crippen LogP contribution in [-0.4, -0.2) is 17.8 Å². The molecule has 0 spiro atoms. The van der Waals surface area contributed by atoms with E-state index in [4.69, 9.17) is 26.4 Å². The molecular weight excluding hydrogens is 450 g/mol. The molecule has 2 aliphatic rings. The van der Waals surface area contributed by atoms with E-state index in [2.05, 4.69) is 46.8 Å². The molecule has 0 fully saturated rings. The number of methoxy groups -OCH3 is 1. The van der Waals surface area contributed by atoms with Crippen LogP contribution in [-0.2, 0) is 6.42 Å². The smallest absolute Gasteiger partial charge is 0.207 e. The zero-order valence-corrected chi connectivity index (χ0v) is 19.7. The topological polar surface area (TPSA) is 37.7 Å². The normalized spacial score (nSPS) is 19.1. The van der Waals surface area contributed by atoms with Crippen molar-refractivity contribution in [3.8, 4) is 17.0 Å². The van der Waals surface area contributed by atoms with E-state index in [9.17, 15) is 0 Å². The van der Waals surface area contributed by atoms with Gasteiger partial charge in [-0.3, -0.25) is 0 Å². The van der Waals surface area contributed by atoms with Crippen molar-refractivity contribution in [1.29, 1.82) is 0 Å². The van der Waals surface area contributed by atoms with Crippen LogP contribution in [0.5, 0.6) is 5.75 Å². The van der Waals surface area contributed by atoms with E-state index < -0.39 is 0 Å². The lowest BCUT2D eigenvalue weighted by Gasteiger charge is -2.29. The molecule has 6 heteroatoms. The maximum Gasteiger partial charge on any atom is 0.207 e. The van der Waals surface area contributed by atoms with Crippen LogP contribution in [0.1, 0.15) is 29.2 Å². The monoisotopic (exact) mass is 471 g/mol. The third kappa shape index (κ3) is 3.62. The van der Waals surface area contributed by atoms with Gasteiger partial charge in [-0.2, -0.15) is 5.10 Å². The Bertz CT molecular complexity index is 1330. The summed E-state index contributed by atoms with van der Waals surface area (Å²) in [6.07, 6.45) is 2.03. The van der Waals surface area contributed by atoms with Crippen molar-refractivity contribution < 1.29 is 4.74 Å². The lowest BCUT2D eigenvalue weighted by molar-refractivity contribution is 0.413. The zero-order chi connectivity index (χ0) is 22.4. The number of aryl methyl sites for hydroxylation is 1. The first-order chi connectivity index (χ1) is 16.2. The van der Waals surface area contributed by atoms with E-state index in [0.717, 1.165) is 45.7 Å². The Balaban J connectivity index is 1.45. The average Bonchev–Trinajstić information content (AvgIpc) is 3.50. The Hall–Kier alpha value is -3.15. The second-order valence-corrected chi connectivity index (χ2v) is 9.65. The van der Waals surface area contributed by atoms with E-state index >= 15 is 0 Å². The molecule has 0 saturated carbocycles. The first-order valence-electron chi connectivity index (χ1n) is 11.0. The Labute approximate surface area is 202 Å². The first kappa shape index (κ1) is 20.5. The fourth-order valence-electron chi connectivity index (χ4n) is 4.89. The predicted octanol–water partition coefficient (Wildman–Crippen LogP) is 7.00. The zero-order valence-electron chi connectivity index (χ0n) is 18.1. The molecule has 0 saturated heterocycles. The molecule has 164 valence electrons. The van der Waals surface area contributed by atoms with Gasteiger partial charge in [-0.15, -0.1) is 11.3 Å². The molecule has 1 aliphatic heterocycles. The Morgan fingerprint density at radius 3 is 2.64 bits per heavy atom. The highest BCUT2D eigenvalue weighted by atomic mass is 35.5. The number of thiazole rings is 1. The first-order valence-corrected chi connectivity index (χ1v) is 12.3.